The van der Waals surface area contributed by atoms with E-state index in [0.29, 0.717) is 6.61 Å². The van der Waals surface area contributed by atoms with E-state index in [9.17, 15) is 14.4 Å². The lowest BCUT2D eigenvalue weighted by Crippen LogP contribution is -2.35. The van der Waals surface area contributed by atoms with Crippen LogP contribution in [0.4, 0.5) is 0 Å². The third-order valence-electron chi connectivity index (χ3n) is 1.81. The fourth-order valence-corrected chi connectivity index (χ4v) is 1.02. The van der Waals surface area contributed by atoms with Crippen molar-refractivity contribution >= 4 is 17.8 Å². The van der Waals surface area contributed by atoms with Crippen molar-refractivity contribution in [3.63, 3.8) is 0 Å². The number of hydrogen-bond acceptors (Lipinski definition) is 4. The molecule has 0 aromatic carbocycles. The highest BCUT2D eigenvalue weighted by atomic mass is 16.5. The quantitative estimate of drug-likeness (QED) is 0.626. The number of likely N-dealkylation sites (N-methyl/N-ethyl adjacent to an activating group) is 1. The number of nitrogens with zero attached hydrogens (tertiary/aromatic N) is 1. The lowest BCUT2D eigenvalue weighted by molar-refractivity contribution is -0.148. The van der Waals surface area contributed by atoms with Crippen LogP contribution < -0.4 is 5.32 Å². The second kappa shape index (κ2) is 7.67. The van der Waals surface area contributed by atoms with Crippen molar-refractivity contribution in [3.05, 3.63) is 0 Å². The summed E-state index contributed by atoms with van der Waals surface area (Å²) < 4.78 is 4.70. The molecular formula is C10H18N2O4. The highest BCUT2D eigenvalue weighted by molar-refractivity contribution is 5.82. The van der Waals surface area contributed by atoms with E-state index in [2.05, 4.69) is 5.32 Å². The highest BCUT2D eigenvalue weighted by Crippen LogP contribution is 1.91. The average molecular weight is 230 g/mol. The molecule has 1 N–H and O–H groups in total. The molecule has 0 aliphatic carbocycles. The third kappa shape index (κ3) is 6.80. The predicted octanol–water partition coefficient (Wildman–Crippen LogP) is -0.466. The SMILES string of the molecule is CCOC(=O)CN(C)C(=O)CCNC(C)=O. The molecule has 16 heavy (non-hydrogen) atoms. The van der Waals surface area contributed by atoms with Crippen LogP contribution in [-0.2, 0) is 19.1 Å². The Morgan fingerprint density at radius 2 is 1.94 bits per heavy atom. The van der Waals surface area contributed by atoms with Crippen molar-refractivity contribution in [3.8, 4) is 0 Å². The Labute approximate surface area is 94.9 Å². The molecule has 0 bridgehead atoms. The van der Waals surface area contributed by atoms with Gasteiger partial charge in [0, 0.05) is 26.9 Å². The van der Waals surface area contributed by atoms with Gasteiger partial charge in [0.05, 0.1) is 6.61 Å². The number of hydrogen-bond donors (Lipinski definition) is 1. The molecule has 0 rings (SSSR count). The number of rotatable bonds is 6. The summed E-state index contributed by atoms with van der Waals surface area (Å²) in [5, 5.41) is 2.51. The molecule has 0 saturated carbocycles. The van der Waals surface area contributed by atoms with Crippen molar-refractivity contribution < 1.29 is 19.1 Å². The molecule has 0 aromatic rings. The van der Waals surface area contributed by atoms with Gasteiger partial charge in [0.1, 0.15) is 6.54 Å². The Kier molecular flexibility index (Phi) is 6.91. The van der Waals surface area contributed by atoms with E-state index in [1.807, 2.05) is 0 Å². The van der Waals surface area contributed by atoms with Gasteiger partial charge >= 0.3 is 5.97 Å². The smallest absolute Gasteiger partial charge is 0.325 e. The van der Waals surface area contributed by atoms with Gasteiger partial charge in [-0.05, 0) is 6.92 Å². The number of carbonyl (C=O) groups is 3. The summed E-state index contributed by atoms with van der Waals surface area (Å²) in [6.45, 7) is 3.60. The maximum absolute atomic E-state index is 11.4. The Balaban J connectivity index is 3.81. The van der Waals surface area contributed by atoms with Gasteiger partial charge in [0.25, 0.3) is 0 Å². The van der Waals surface area contributed by atoms with Crippen molar-refractivity contribution in [2.45, 2.75) is 20.3 Å². The molecule has 6 heteroatoms. The van der Waals surface area contributed by atoms with Gasteiger partial charge in [0.15, 0.2) is 0 Å². The third-order valence-corrected chi connectivity index (χ3v) is 1.81. The summed E-state index contributed by atoms with van der Waals surface area (Å²) in [7, 11) is 1.52. The minimum absolute atomic E-state index is 0.0628. The van der Waals surface area contributed by atoms with Gasteiger partial charge in [0.2, 0.25) is 11.8 Å². The van der Waals surface area contributed by atoms with Crippen LogP contribution in [0.25, 0.3) is 0 Å². The lowest BCUT2D eigenvalue weighted by Gasteiger charge is -2.15. The molecule has 0 aromatic heterocycles. The number of esters is 1. The first kappa shape index (κ1) is 14.4. The molecule has 0 fully saturated rings. The van der Waals surface area contributed by atoms with Crippen molar-refractivity contribution in [2.75, 3.05) is 26.7 Å². The van der Waals surface area contributed by atoms with E-state index in [4.69, 9.17) is 4.74 Å². The van der Waals surface area contributed by atoms with Crippen LogP contribution in [0.1, 0.15) is 20.3 Å². The first-order valence-electron chi connectivity index (χ1n) is 5.11. The molecule has 2 amide bonds. The van der Waals surface area contributed by atoms with E-state index >= 15 is 0 Å². The van der Waals surface area contributed by atoms with E-state index in [-0.39, 0.29) is 31.3 Å². The molecule has 0 aliphatic rings. The fraction of sp³-hybridized carbons (Fsp3) is 0.700. The van der Waals surface area contributed by atoms with Crippen LogP contribution in [0.2, 0.25) is 0 Å². The Morgan fingerprint density at radius 1 is 1.31 bits per heavy atom. The number of nitrogens with one attached hydrogen (secondary N) is 1. The minimum Gasteiger partial charge on any atom is -0.465 e. The van der Waals surface area contributed by atoms with Crippen LogP contribution in [0.3, 0.4) is 0 Å². The van der Waals surface area contributed by atoms with E-state index in [0.717, 1.165) is 0 Å². The standard InChI is InChI=1S/C10H18N2O4/c1-4-16-10(15)7-12(3)9(14)5-6-11-8(2)13/h4-7H2,1-3H3,(H,11,13). The fourth-order valence-electron chi connectivity index (χ4n) is 1.02. The van der Waals surface area contributed by atoms with Crippen molar-refractivity contribution in [2.24, 2.45) is 0 Å². The second-order valence-corrected chi connectivity index (χ2v) is 3.29. The molecule has 0 atom stereocenters. The minimum atomic E-state index is -0.433. The second-order valence-electron chi connectivity index (χ2n) is 3.29. The van der Waals surface area contributed by atoms with Gasteiger partial charge in [-0.15, -0.1) is 0 Å². The highest BCUT2D eigenvalue weighted by Gasteiger charge is 2.12. The normalized spacial score (nSPS) is 9.44. The van der Waals surface area contributed by atoms with Crippen molar-refractivity contribution in [1.29, 1.82) is 0 Å². The molecule has 0 spiro atoms. The number of ether oxygens (including phenoxy) is 1. The van der Waals surface area contributed by atoms with E-state index in [1.54, 1.807) is 6.92 Å². The maximum atomic E-state index is 11.4. The van der Waals surface area contributed by atoms with Gasteiger partial charge in [-0.1, -0.05) is 0 Å². The van der Waals surface area contributed by atoms with E-state index in [1.165, 1.54) is 18.9 Å². The molecular weight excluding hydrogens is 212 g/mol. The van der Waals surface area contributed by atoms with Gasteiger partial charge in [-0.2, -0.15) is 0 Å². The largest absolute Gasteiger partial charge is 0.465 e. The number of carbonyl (C=O) groups excluding carboxylic acids is 3. The maximum Gasteiger partial charge on any atom is 0.325 e. The Hall–Kier alpha value is -1.59. The van der Waals surface area contributed by atoms with Gasteiger partial charge in [-0.3, -0.25) is 14.4 Å². The van der Waals surface area contributed by atoms with Crippen LogP contribution in [0.5, 0.6) is 0 Å². The molecule has 0 aliphatic heterocycles. The lowest BCUT2D eigenvalue weighted by atomic mass is 10.3. The summed E-state index contributed by atoms with van der Waals surface area (Å²) in [6, 6.07) is 0. The zero-order chi connectivity index (χ0) is 12.6. The summed E-state index contributed by atoms with van der Waals surface area (Å²) in [5.41, 5.74) is 0. The Morgan fingerprint density at radius 3 is 2.44 bits per heavy atom. The summed E-state index contributed by atoms with van der Waals surface area (Å²) >= 11 is 0. The zero-order valence-corrected chi connectivity index (χ0v) is 9.91. The molecule has 0 radical (unpaired) electrons. The van der Waals surface area contributed by atoms with Crippen LogP contribution in [0.15, 0.2) is 0 Å². The van der Waals surface area contributed by atoms with E-state index < -0.39 is 5.97 Å². The predicted molar refractivity (Wildman–Crippen MR) is 57.6 cm³/mol. The zero-order valence-electron chi connectivity index (χ0n) is 9.91. The van der Waals surface area contributed by atoms with Crippen molar-refractivity contribution in [1.82, 2.24) is 10.2 Å². The molecule has 92 valence electrons. The summed E-state index contributed by atoms with van der Waals surface area (Å²) in [6.07, 6.45) is 0.176. The number of amides is 2. The van der Waals surface area contributed by atoms with Crippen LogP contribution in [-0.4, -0.2) is 49.4 Å². The molecule has 0 saturated heterocycles. The van der Waals surface area contributed by atoms with Crippen LogP contribution in [0, 0.1) is 0 Å². The van der Waals surface area contributed by atoms with Crippen LogP contribution >= 0.6 is 0 Å². The van der Waals surface area contributed by atoms with Gasteiger partial charge in [-0.25, -0.2) is 0 Å². The Bertz CT molecular complexity index is 266. The first-order chi connectivity index (χ1) is 7.47. The molecule has 0 heterocycles. The molecule has 6 nitrogen and oxygen atoms in total. The molecule has 0 unspecified atom stereocenters. The monoisotopic (exact) mass is 230 g/mol. The average Bonchev–Trinajstić information content (AvgIpc) is 2.17. The summed E-state index contributed by atoms with van der Waals surface area (Å²) in [4.78, 5) is 34.3. The topological polar surface area (TPSA) is 75.7 Å². The van der Waals surface area contributed by atoms with Gasteiger partial charge < -0.3 is 15.0 Å². The summed E-state index contributed by atoms with van der Waals surface area (Å²) in [5.74, 6) is -0.819. The first-order valence-corrected chi connectivity index (χ1v) is 5.11.